The molecule has 0 aliphatic carbocycles. The van der Waals surface area contributed by atoms with Crippen molar-refractivity contribution >= 4 is 33.2 Å². The molecule has 1 amide bonds. The number of thiophene rings is 1. The molecule has 1 saturated heterocycles. The van der Waals surface area contributed by atoms with Gasteiger partial charge in [-0.3, -0.25) is 4.79 Å². The fourth-order valence-electron chi connectivity index (χ4n) is 2.17. The molecule has 1 aromatic rings. The van der Waals surface area contributed by atoms with Crippen molar-refractivity contribution in [3.63, 3.8) is 0 Å². The molecule has 0 spiro atoms. The lowest BCUT2D eigenvalue weighted by molar-refractivity contribution is -0.117. The highest BCUT2D eigenvalue weighted by molar-refractivity contribution is 7.91. The number of carbonyl (C=O) groups excluding carboxylic acids is 1. The van der Waals surface area contributed by atoms with E-state index in [4.69, 9.17) is 5.11 Å². The summed E-state index contributed by atoms with van der Waals surface area (Å²) in [6.07, 6.45) is 3.50. The zero-order valence-corrected chi connectivity index (χ0v) is 12.8. The Labute approximate surface area is 122 Å². The predicted octanol–water partition coefficient (Wildman–Crippen LogP) is 0.947. The van der Waals surface area contributed by atoms with E-state index in [1.54, 1.807) is 19.1 Å². The maximum atomic E-state index is 11.8. The highest BCUT2D eigenvalue weighted by atomic mass is 32.2. The van der Waals surface area contributed by atoms with Crippen molar-refractivity contribution in [3.05, 3.63) is 28.0 Å². The van der Waals surface area contributed by atoms with E-state index in [1.165, 1.54) is 17.4 Å². The van der Waals surface area contributed by atoms with Gasteiger partial charge >= 0.3 is 0 Å². The van der Waals surface area contributed by atoms with E-state index in [2.05, 4.69) is 5.32 Å². The van der Waals surface area contributed by atoms with Crippen LogP contribution >= 0.6 is 11.3 Å². The van der Waals surface area contributed by atoms with Crippen LogP contribution in [-0.4, -0.2) is 36.5 Å². The summed E-state index contributed by atoms with van der Waals surface area (Å²) in [5, 5.41) is 13.5. The number of rotatable bonds is 4. The molecule has 0 aromatic carbocycles. The van der Waals surface area contributed by atoms with E-state index in [-0.39, 0.29) is 24.0 Å². The van der Waals surface area contributed by atoms with Crippen LogP contribution in [0.2, 0.25) is 0 Å². The van der Waals surface area contributed by atoms with Gasteiger partial charge in [-0.05, 0) is 36.4 Å². The van der Waals surface area contributed by atoms with Crippen LogP contribution in [0.3, 0.4) is 0 Å². The first-order chi connectivity index (χ1) is 9.32. The quantitative estimate of drug-likeness (QED) is 0.810. The number of hydrogen-bond acceptors (Lipinski definition) is 5. The third-order valence-corrected chi connectivity index (χ3v) is 6.03. The Balaban J connectivity index is 1.96. The average Bonchev–Trinajstić information content (AvgIpc) is 2.91. The lowest BCUT2D eigenvalue weighted by atomic mass is 10.0. The normalized spacial score (nSPS) is 25.1. The fourth-order valence-corrected chi connectivity index (χ4v) is 5.06. The van der Waals surface area contributed by atoms with Crippen LogP contribution in [0, 0.1) is 0 Å². The molecule has 0 radical (unpaired) electrons. The molecule has 0 bridgehead atoms. The van der Waals surface area contributed by atoms with Crippen LogP contribution in [0.1, 0.15) is 23.8 Å². The summed E-state index contributed by atoms with van der Waals surface area (Å²) in [7, 11) is -3.03. The van der Waals surface area contributed by atoms with E-state index in [1.807, 2.05) is 5.38 Å². The Morgan fingerprint density at radius 3 is 2.90 bits per heavy atom. The lowest BCUT2D eigenvalue weighted by Gasteiger charge is -2.22. The highest BCUT2D eigenvalue weighted by Gasteiger charge is 2.38. The van der Waals surface area contributed by atoms with Gasteiger partial charge in [0.1, 0.15) is 0 Å². The third-order valence-electron chi connectivity index (χ3n) is 3.18. The summed E-state index contributed by atoms with van der Waals surface area (Å²) in [4.78, 5) is 12.7. The molecule has 2 heterocycles. The Morgan fingerprint density at radius 1 is 1.60 bits per heavy atom. The second-order valence-electron chi connectivity index (χ2n) is 5.24. The molecule has 2 rings (SSSR count). The van der Waals surface area contributed by atoms with Gasteiger partial charge in [0.15, 0.2) is 9.84 Å². The monoisotopic (exact) mass is 315 g/mol. The zero-order valence-electron chi connectivity index (χ0n) is 11.1. The lowest BCUT2D eigenvalue weighted by Crippen LogP contribution is -2.46. The standard InChI is InChI=1S/C13H17NO4S2/c1-13(4-5-20(17,18)9-13)14-12(16)3-2-11-6-10(7-15)8-19-11/h2-3,6,8,15H,4-5,7,9H2,1H3,(H,14,16). The molecule has 1 atom stereocenters. The molecule has 20 heavy (non-hydrogen) atoms. The van der Waals surface area contributed by atoms with Crippen molar-refractivity contribution in [2.45, 2.75) is 25.5 Å². The third kappa shape index (κ3) is 3.91. The van der Waals surface area contributed by atoms with Gasteiger partial charge in [0.2, 0.25) is 5.91 Å². The number of aliphatic hydroxyl groups is 1. The van der Waals surface area contributed by atoms with Crippen LogP contribution in [0.4, 0.5) is 0 Å². The van der Waals surface area contributed by atoms with E-state index >= 15 is 0 Å². The molecular formula is C13H17NO4S2. The SMILES string of the molecule is CC1(NC(=O)C=Cc2cc(CO)cs2)CCS(=O)(=O)C1. The van der Waals surface area contributed by atoms with Crippen molar-refractivity contribution in [1.29, 1.82) is 0 Å². The molecule has 1 aromatic heterocycles. The van der Waals surface area contributed by atoms with Crippen molar-refractivity contribution in [3.8, 4) is 0 Å². The van der Waals surface area contributed by atoms with Crippen molar-refractivity contribution < 1.29 is 18.3 Å². The van der Waals surface area contributed by atoms with Gasteiger partial charge in [0, 0.05) is 11.0 Å². The smallest absolute Gasteiger partial charge is 0.244 e. The Morgan fingerprint density at radius 2 is 2.35 bits per heavy atom. The van der Waals surface area contributed by atoms with Gasteiger partial charge in [-0.1, -0.05) is 0 Å². The van der Waals surface area contributed by atoms with Crippen LogP contribution in [0.15, 0.2) is 17.5 Å². The van der Waals surface area contributed by atoms with E-state index in [9.17, 15) is 13.2 Å². The van der Waals surface area contributed by atoms with Gasteiger partial charge in [-0.25, -0.2) is 8.42 Å². The van der Waals surface area contributed by atoms with Gasteiger partial charge in [0.05, 0.1) is 23.7 Å². The molecule has 1 aliphatic heterocycles. The Bertz CT molecular complexity index is 633. The molecule has 110 valence electrons. The van der Waals surface area contributed by atoms with Gasteiger partial charge < -0.3 is 10.4 Å². The van der Waals surface area contributed by atoms with Crippen LogP contribution < -0.4 is 5.32 Å². The molecule has 5 nitrogen and oxygen atoms in total. The van der Waals surface area contributed by atoms with Crippen molar-refractivity contribution in [1.82, 2.24) is 5.32 Å². The Hall–Kier alpha value is -1.18. The minimum Gasteiger partial charge on any atom is -0.392 e. The first-order valence-electron chi connectivity index (χ1n) is 6.21. The summed E-state index contributed by atoms with van der Waals surface area (Å²) in [6.45, 7) is 1.73. The summed E-state index contributed by atoms with van der Waals surface area (Å²) in [5.74, 6) is -0.186. The minimum atomic E-state index is -3.03. The minimum absolute atomic E-state index is 0.00670. The number of amides is 1. The number of carbonyl (C=O) groups is 1. The second kappa shape index (κ2) is 5.67. The molecule has 1 fully saturated rings. The molecule has 0 saturated carbocycles. The van der Waals surface area contributed by atoms with Gasteiger partial charge in [-0.2, -0.15) is 0 Å². The maximum Gasteiger partial charge on any atom is 0.244 e. The molecule has 1 unspecified atom stereocenters. The first-order valence-corrected chi connectivity index (χ1v) is 8.91. The van der Waals surface area contributed by atoms with Gasteiger partial charge in [-0.15, -0.1) is 11.3 Å². The number of sulfone groups is 1. The predicted molar refractivity (Wildman–Crippen MR) is 79.1 cm³/mol. The van der Waals surface area contributed by atoms with Gasteiger partial charge in [0.25, 0.3) is 0 Å². The zero-order chi connectivity index (χ0) is 14.8. The number of hydrogen-bond donors (Lipinski definition) is 2. The highest BCUT2D eigenvalue weighted by Crippen LogP contribution is 2.23. The summed E-state index contributed by atoms with van der Waals surface area (Å²) >= 11 is 1.44. The van der Waals surface area contributed by atoms with Crippen molar-refractivity contribution in [2.75, 3.05) is 11.5 Å². The summed E-state index contributed by atoms with van der Waals surface area (Å²) in [5.41, 5.74) is 0.135. The van der Waals surface area contributed by atoms with E-state index < -0.39 is 15.4 Å². The van der Waals surface area contributed by atoms with Crippen LogP contribution in [0.25, 0.3) is 6.08 Å². The van der Waals surface area contributed by atoms with Crippen LogP contribution in [-0.2, 0) is 21.2 Å². The van der Waals surface area contributed by atoms with Crippen molar-refractivity contribution in [2.24, 2.45) is 0 Å². The Kier molecular flexibility index (Phi) is 4.31. The topological polar surface area (TPSA) is 83.5 Å². The maximum absolute atomic E-state index is 11.8. The molecule has 7 heteroatoms. The molecular weight excluding hydrogens is 298 g/mol. The average molecular weight is 315 g/mol. The fraction of sp³-hybridized carbons (Fsp3) is 0.462. The first kappa shape index (κ1) is 15.2. The second-order valence-corrected chi connectivity index (χ2v) is 8.37. The van der Waals surface area contributed by atoms with Crippen LogP contribution in [0.5, 0.6) is 0 Å². The van der Waals surface area contributed by atoms with E-state index in [0.29, 0.717) is 6.42 Å². The summed E-state index contributed by atoms with van der Waals surface area (Å²) in [6, 6.07) is 1.80. The molecule has 1 aliphatic rings. The van der Waals surface area contributed by atoms with E-state index in [0.717, 1.165) is 10.4 Å². The largest absolute Gasteiger partial charge is 0.392 e. The number of nitrogens with one attached hydrogen (secondary N) is 1. The molecule has 2 N–H and O–H groups in total. The number of aliphatic hydroxyl groups excluding tert-OH is 1. The summed E-state index contributed by atoms with van der Waals surface area (Å²) < 4.78 is 22.9.